The highest BCUT2D eigenvalue weighted by molar-refractivity contribution is 9.11. The predicted octanol–water partition coefficient (Wildman–Crippen LogP) is 29.2. The molecule has 0 atom stereocenters. The van der Waals surface area contributed by atoms with Gasteiger partial charge >= 0.3 is 0 Å². The molecule has 0 aliphatic heterocycles. The molecule has 21 N–H and O–H groups in total. The lowest BCUT2D eigenvalue weighted by Crippen LogP contribution is -2.12. The molecule has 7 amide bonds. The summed E-state index contributed by atoms with van der Waals surface area (Å²) in [7, 11) is 3.07. The molecule has 0 spiro atoms. The number of ether oxygens (including phenoxy) is 2. The average Bonchev–Trinajstić information content (AvgIpc) is 0.834. The number of rotatable bonds is 21. The largest absolute Gasteiger partial charge is 0.506 e. The Morgan fingerprint density at radius 3 is 0.687 bits per heavy atom. The summed E-state index contributed by atoms with van der Waals surface area (Å²) in [4.78, 5) is 85.1. The minimum atomic E-state index is -0.737. The smallest absolute Gasteiger partial charge is 0.263 e. The van der Waals surface area contributed by atoms with E-state index in [4.69, 9.17) is 125 Å². The van der Waals surface area contributed by atoms with Crippen LogP contribution >= 0.6 is 180 Å². The van der Waals surface area contributed by atoms with Crippen LogP contribution in [0.1, 0.15) is 136 Å². The number of hydrogen-bond donors (Lipinski definition) is 21. The average molecular weight is 2470 g/mol. The fraction of sp³-hybridized carbons (Fsp3) is 0.108. The van der Waals surface area contributed by atoms with Crippen LogP contribution in [0.5, 0.6) is 92.0 Å². The summed E-state index contributed by atoms with van der Waals surface area (Å²) in [5, 5.41) is 154. The third kappa shape index (κ3) is 32.5. The summed E-state index contributed by atoms with van der Waals surface area (Å²) in [5.41, 5.74) is 4.57. The maximum absolute atomic E-state index is 12.8. The standard InChI is InChI=1S/C17H17Cl2NO3.C16H15Cl2NO3.C15H13Cl2NO3.C14H11Br2NO4.C14H11Cl2NO4.C13H8Br2FNO3.C13H9Cl2NO3/c1-2-3-4-10-5-7-11(8-6-10)20-17(23)14-15(21)12(18)9-13(19)16(14)22;1-8(2)9-3-5-10(6-4-9)19-16(22)13-14(20)11(17)7-12(18)15(13)21;1-2-8-3-5-9(6-4-8)18-15(21)12-13(19)10(16)7-11(17)14(12)20;2*1-21-8-4-2-7(3-5-8)17-14(20)11-12(18)9(15)6-10(16)13(11)19;14-8-5-9(15)12(19)10(11(8)18)13(20)17-7-3-1-6(16)2-4-7;14-8-6-9(15)12(18)10(11(8)17)13(19)16-7-4-2-1-3-5-7/h5-9,21-22H,2-4H2,1H3,(H,20,23);3-8,20-21H,1-2H3,(H,19,22);3-7,19-20H,2H2,1H3,(H,18,21);2*2-6,18-19H,1H3,(H,17,20);1-5,18-19H,(H,17,20);1-6,17-18H,(H,16,19). The van der Waals surface area contributed by atoms with E-state index in [1.807, 2.05) is 43.3 Å². The van der Waals surface area contributed by atoms with Crippen molar-refractivity contribution in [3.05, 3.63) is 348 Å². The molecule has 0 saturated carbocycles. The van der Waals surface area contributed by atoms with Gasteiger partial charge in [0.2, 0.25) is 0 Å². The predicted molar refractivity (Wildman–Crippen MR) is 585 cm³/mol. The monoisotopic (exact) mass is 2460 g/mol. The molecule has 0 aliphatic rings. The summed E-state index contributed by atoms with van der Waals surface area (Å²) < 4.78 is 23.9. The van der Waals surface area contributed by atoms with Gasteiger partial charge in [-0.2, -0.15) is 0 Å². The second-order valence-corrected chi connectivity index (χ2v) is 38.0. The maximum atomic E-state index is 12.8. The molecule has 0 unspecified atom stereocenters. The summed E-state index contributed by atoms with van der Waals surface area (Å²) in [6, 6.07) is 57.5. The Bertz CT molecular complexity index is 6700. The fourth-order valence-corrected chi connectivity index (χ4v) is 17.0. The zero-order valence-corrected chi connectivity index (χ0v) is 90.7. The van der Waals surface area contributed by atoms with E-state index in [2.05, 4.69) is 122 Å². The normalized spacial score (nSPS) is 10.4. The lowest BCUT2D eigenvalue weighted by Gasteiger charge is -2.12. The van der Waals surface area contributed by atoms with Crippen LogP contribution in [0.3, 0.4) is 0 Å². The first-order valence-electron chi connectivity index (χ1n) is 42.3. The Morgan fingerprint density at radius 2 is 0.476 bits per heavy atom. The van der Waals surface area contributed by atoms with E-state index in [0.717, 1.165) is 48.9 Å². The van der Waals surface area contributed by atoms with Gasteiger partial charge in [0.05, 0.1) is 82.3 Å². The van der Waals surface area contributed by atoms with Gasteiger partial charge in [0.1, 0.15) is 79.3 Å². The summed E-state index contributed by atoms with van der Waals surface area (Å²) in [5.74, 6) is -10.2. The lowest BCUT2D eigenvalue weighted by atomic mass is 10.0. The van der Waals surface area contributed by atoms with Gasteiger partial charge in [0.15, 0.2) is 57.5 Å². The number of aromatic hydroxyl groups is 14. The molecular weight excluding hydrogens is 2380 g/mol. The van der Waals surface area contributed by atoms with Gasteiger partial charge in [-0.15, -0.1) is 0 Å². The molecule has 45 heteroatoms. The minimum absolute atomic E-state index is 0.104. The molecule has 14 aromatic rings. The first-order chi connectivity index (χ1) is 69.4. The number of nitrogens with one attached hydrogen (secondary N) is 7. The van der Waals surface area contributed by atoms with Crippen LogP contribution in [-0.2, 0) is 12.8 Å². The van der Waals surface area contributed by atoms with E-state index >= 15 is 0 Å². The molecule has 0 heterocycles. The van der Waals surface area contributed by atoms with Crippen LogP contribution in [0.15, 0.2) is 236 Å². The maximum Gasteiger partial charge on any atom is 0.263 e. The van der Waals surface area contributed by atoms with E-state index in [1.54, 1.807) is 122 Å². The topological polar surface area (TPSA) is 505 Å². The highest BCUT2D eigenvalue weighted by Gasteiger charge is 2.30. The number of aryl methyl sites for hydroxylation is 2. The number of methoxy groups -OCH3 is 2. The van der Waals surface area contributed by atoms with Crippen molar-refractivity contribution in [1.82, 2.24) is 0 Å². The molecule has 0 bridgehead atoms. The summed E-state index contributed by atoms with van der Waals surface area (Å²) in [6.45, 7) is 8.29. The van der Waals surface area contributed by atoms with Crippen molar-refractivity contribution in [3.63, 3.8) is 0 Å². The molecular formula is C102H84Br4Cl10FN7O23. The van der Waals surface area contributed by atoms with Gasteiger partial charge in [-0.25, -0.2) is 4.39 Å². The van der Waals surface area contributed by atoms with Gasteiger partial charge in [-0.05, 0) is 269 Å². The van der Waals surface area contributed by atoms with Crippen LogP contribution < -0.4 is 46.7 Å². The number of benzene rings is 14. The number of hydrogen-bond acceptors (Lipinski definition) is 23. The number of phenols is 14. The number of carbonyl (C=O) groups excluding carboxylic acids is 7. The first kappa shape index (κ1) is 119. The zero-order valence-electron chi connectivity index (χ0n) is 76.8. The molecule has 770 valence electrons. The van der Waals surface area contributed by atoms with Gasteiger partial charge in [0.25, 0.3) is 41.4 Å². The first-order valence-corrected chi connectivity index (χ1v) is 49.3. The van der Waals surface area contributed by atoms with E-state index in [0.29, 0.717) is 66.2 Å². The second kappa shape index (κ2) is 55.6. The van der Waals surface area contributed by atoms with Crippen molar-refractivity contribution in [2.45, 2.75) is 59.3 Å². The van der Waals surface area contributed by atoms with E-state index in [-0.39, 0.29) is 121 Å². The Kier molecular flexibility index (Phi) is 45.1. The molecule has 14 aromatic carbocycles. The Morgan fingerprint density at radius 1 is 0.279 bits per heavy atom. The molecule has 147 heavy (non-hydrogen) atoms. The Hall–Kier alpha value is -13.1. The third-order valence-electron chi connectivity index (χ3n) is 20.2. The van der Waals surface area contributed by atoms with E-state index in [9.17, 15) is 109 Å². The SMILES string of the molecule is CC(C)c1ccc(NC(=O)c2c(O)c(Cl)cc(Cl)c2O)cc1.CCCCc1ccc(NC(=O)c2c(O)c(Cl)cc(Cl)c2O)cc1.CCc1ccc(NC(=O)c2c(O)c(Cl)cc(Cl)c2O)cc1.COc1ccc(NC(=O)c2c(O)c(Br)cc(Br)c2O)cc1.COc1ccc(NC(=O)c2c(O)c(Cl)cc(Cl)c2O)cc1.O=C(Nc1ccc(F)cc1)c1c(O)c(Br)cc(Br)c1O.O=C(Nc1ccccc1)c1c(O)c(Cl)cc(Cl)c1O. The molecule has 14 rings (SSSR count). The van der Waals surface area contributed by atoms with Gasteiger partial charge < -0.3 is 118 Å². The van der Waals surface area contributed by atoms with Crippen molar-refractivity contribution in [2.24, 2.45) is 0 Å². The van der Waals surface area contributed by atoms with Crippen molar-refractivity contribution in [2.75, 3.05) is 51.4 Å². The van der Waals surface area contributed by atoms with Crippen molar-refractivity contribution in [1.29, 1.82) is 0 Å². The summed E-state index contributed by atoms with van der Waals surface area (Å²) >= 11 is 69.9. The van der Waals surface area contributed by atoms with Gasteiger partial charge in [-0.3, -0.25) is 33.6 Å². The van der Waals surface area contributed by atoms with Crippen LogP contribution in [0, 0.1) is 5.82 Å². The van der Waals surface area contributed by atoms with Crippen molar-refractivity contribution in [3.8, 4) is 92.0 Å². The summed E-state index contributed by atoms with van der Waals surface area (Å²) in [6.07, 6.45) is 4.09. The number of anilines is 7. The number of para-hydroxylation sites is 1. The molecule has 30 nitrogen and oxygen atoms in total. The van der Waals surface area contributed by atoms with Crippen molar-refractivity contribution < 1.29 is 119 Å². The third-order valence-corrected chi connectivity index (χ3v) is 25.5. The highest BCUT2D eigenvalue weighted by atomic mass is 79.9. The Balaban J connectivity index is 0.000000209. The van der Waals surface area contributed by atoms with E-state index in [1.165, 1.54) is 67.3 Å². The van der Waals surface area contributed by atoms with Crippen LogP contribution in [-0.4, -0.2) is 127 Å². The number of phenolic OH excluding ortho intramolecular Hbond substituents is 14. The Labute approximate surface area is 922 Å². The van der Waals surface area contributed by atoms with Crippen LogP contribution in [0.4, 0.5) is 44.2 Å². The number of amides is 7. The highest BCUT2D eigenvalue weighted by Crippen LogP contribution is 2.48. The lowest BCUT2D eigenvalue weighted by molar-refractivity contribution is 0.101. The number of unbranched alkanes of at least 4 members (excludes halogenated alkanes) is 1. The fourth-order valence-electron chi connectivity index (χ4n) is 12.4. The molecule has 0 fully saturated rings. The van der Waals surface area contributed by atoms with Gasteiger partial charge in [-0.1, -0.05) is 205 Å². The zero-order chi connectivity index (χ0) is 109. The van der Waals surface area contributed by atoms with Crippen LogP contribution in [0.25, 0.3) is 0 Å². The molecule has 0 aromatic heterocycles. The van der Waals surface area contributed by atoms with Crippen LogP contribution in [0.2, 0.25) is 50.2 Å². The van der Waals surface area contributed by atoms with E-state index < -0.39 is 105 Å². The molecule has 0 saturated heterocycles. The molecule has 0 radical (unpaired) electrons. The van der Waals surface area contributed by atoms with Crippen molar-refractivity contribution >= 4 is 261 Å². The molecule has 0 aliphatic carbocycles. The second-order valence-electron chi connectivity index (χ2n) is 30.5. The number of halogens is 15. The van der Waals surface area contributed by atoms with Gasteiger partial charge in [0, 0.05) is 39.8 Å². The minimum Gasteiger partial charge on any atom is -0.506 e. The quantitative estimate of drug-likeness (QED) is 0.0318. The number of carbonyl (C=O) groups is 7.